The maximum Gasteiger partial charge on any atom is 0.506 e. The van der Waals surface area contributed by atoms with Crippen LogP contribution in [0.5, 0.6) is 0 Å². The first-order valence-corrected chi connectivity index (χ1v) is 14.9. The number of furan rings is 1. The van der Waals surface area contributed by atoms with Crippen molar-refractivity contribution in [3.8, 4) is 11.3 Å². The van der Waals surface area contributed by atoms with Gasteiger partial charge < -0.3 is 24.3 Å². The molecular weight excluding hydrogens is 550 g/mol. The molecule has 1 aromatic carbocycles. The number of nitrogens with one attached hydrogen (secondary N) is 1. The summed E-state index contributed by atoms with van der Waals surface area (Å²) >= 11 is -2.29. The molecule has 1 amide bonds. The van der Waals surface area contributed by atoms with Crippen molar-refractivity contribution < 1.29 is 37.3 Å². The van der Waals surface area contributed by atoms with Crippen molar-refractivity contribution in [2.45, 2.75) is 63.5 Å². The Balaban J connectivity index is 1.44. The second-order valence-electron chi connectivity index (χ2n) is 10.8. The van der Waals surface area contributed by atoms with E-state index in [1.807, 2.05) is 37.3 Å². The standard InChI is InChI=1S/C29H35N3O8S/c1-18-4-6-20(7-5-18)25-24(26(33)30-2)22-16-21(19-8-9-19)23(31-27(22)39-25)17-32(41(36)37)13-3-10-29(40-28(34)35)11-14-38-15-12-29/h4-7,16,19H,3,8-15,17H2,1-2H3,(H,30,33)(H,34,35)(H,36,37). The van der Waals surface area contributed by atoms with Crippen molar-refractivity contribution >= 4 is 34.4 Å². The molecule has 1 aliphatic carbocycles. The first-order chi connectivity index (χ1) is 19.7. The Hall–Kier alpha value is -3.32. The molecule has 0 spiro atoms. The van der Waals surface area contributed by atoms with Crippen LogP contribution in [0, 0.1) is 6.92 Å². The van der Waals surface area contributed by atoms with Crippen LogP contribution in [-0.2, 0) is 27.3 Å². The monoisotopic (exact) mass is 585 g/mol. The second kappa shape index (κ2) is 12.3. The third-order valence-corrected chi connectivity index (χ3v) is 8.63. The normalized spacial score (nSPS) is 17.5. The molecular formula is C29H35N3O8S. The quantitative estimate of drug-likeness (QED) is 0.208. The van der Waals surface area contributed by atoms with Crippen molar-refractivity contribution in [1.82, 2.24) is 14.6 Å². The summed E-state index contributed by atoms with van der Waals surface area (Å²) in [4.78, 5) is 29.1. The van der Waals surface area contributed by atoms with Gasteiger partial charge in [0.1, 0.15) is 11.4 Å². The van der Waals surface area contributed by atoms with Gasteiger partial charge in [0.2, 0.25) is 17.0 Å². The average molecular weight is 586 g/mol. The number of carbonyl (C=O) groups is 2. The number of ether oxygens (including phenoxy) is 2. The minimum Gasteiger partial charge on any atom is -0.450 e. The Morgan fingerprint density at radius 2 is 1.93 bits per heavy atom. The van der Waals surface area contributed by atoms with Crippen molar-refractivity contribution in [3.63, 3.8) is 0 Å². The average Bonchev–Trinajstić information content (AvgIpc) is 3.72. The van der Waals surface area contributed by atoms with Gasteiger partial charge in [-0.05, 0) is 50.2 Å². The lowest BCUT2D eigenvalue weighted by Gasteiger charge is -2.36. The van der Waals surface area contributed by atoms with E-state index in [4.69, 9.17) is 18.9 Å². The lowest BCUT2D eigenvalue weighted by molar-refractivity contribution is -0.0902. The SMILES string of the molecule is CNC(=O)c1c(-c2ccc(C)cc2)oc2nc(CN(CCCC3(OC(=O)O)CCOCC3)S(=O)O)c(C3CC3)cc12. The number of nitrogens with zero attached hydrogens (tertiary/aromatic N) is 2. The van der Waals surface area contributed by atoms with Gasteiger partial charge in [-0.2, -0.15) is 4.31 Å². The van der Waals surface area contributed by atoms with Gasteiger partial charge in [0.05, 0.1) is 36.4 Å². The molecule has 0 radical (unpaired) electrons. The van der Waals surface area contributed by atoms with Crippen molar-refractivity contribution in [2.75, 3.05) is 26.8 Å². The number of aromatic nitrogens is 1. The summed E-state index contributed by atoms with van der Waals surface area (Å²) in [6, 6.07) is 9.64. The minimum atomic E-state index is -2.29. The van der Waals surface area contributed by atoms with Crippen molar-refractivity contribution in [1.29, 1.82) is 0 Å². The maximum atomic E-state index is 13.0. The molecule has 5 rings (SSSR count). The molecule has 2 fully saturated rings. The van der Waals surface area contributed by atoms with E-state index in [1.54, 1.807) is 7.05 Å². The number of amides is 1. The molecule has 1 unspecified atom stereocenters. The second-order valence-corrected chi connectivity index (χ2v) is 11.7. The predicted octanol–water partition coefficient (Wildman–Crippen LogP) is 5.00. The third kappa shape index (κ3) is 6.61. The van der Waals surface area contributed by atoms with Crippen LogP contribution in [0.15, 0.2) is 34.7 Å². The number of hydrogen-bond acceptors (Lipinski definition) is 7. The van der Waals surface area contributed by atoms with Crippen LogP contribution in [0.3, 0.4) is 0 Å². The number of carboxylic acid groups (broad SMARTS) is 1. The zero-order chi connectivity index (χ0) is 29.1. The van der Waals surface area contributed by atoms with E-state index >= 15 is 0 Å². The summed E-state index contributed by atoms with van der Waals surface area (Å²) in [7, 11) is 1.57. The molecule has 1 atom stereocenters. The number of benzene rings is 1. The van der Waals surface area contributed by atoms with Crippen LogP contribution < -0.4 is 5.32 Å². The van der Waals surface area contributed by atoms with Crippen molar-refractivity contribution in [2.24, 2.45) is 0 Å². The largest absolute Gasteiger partial charge is 0.506 e. The van der Waals surface area contributed by atoms with Gasteiger partial charge in [-0.25, -0.2) is 14.0 Å². The predicted molar refractivity (Wildman–Crippen MR) is 152 cm³/mol. The first kappa shape index (κ1) is 29.2. The first-order valence-electron chi connectivity index (χ1n) is 13.8. The van der Waals surface area contributed by atoms with Crippen LogP contribution in [0.2, 0.25) is 0 Å². The summed E-state index contributed by atoms with van der Waals surface area (Å²) in [5.74, 6) is 0.397. The van der Waals surface area contributed by atoms with E-state index in [-0.39, 0.29) is 24.9 Å². The number of rotatable bonds is 11. The topological polar surface area (TPSA) is 151 Å². The molecule has 2 aromatic heterocycles. The Kier molecular flexibility index (Phi) is 8.74. The van der Waals surface area contributed by atoms with Crippen LogP contribution in [0.4, 0.5) is 4.79 Å². The summed E-state index contributed by atoms with van der Waals surface area (Å²) in [5.41, 5.74) is 3.23. The fourth-order valence-corrected chi connectivity index (χ4v) is 6.01. The van der Waals surface area contributed by atoms with Gasteiger partial charge in [-0.3, -0.25) is 9.35 Å². The van der Waals surface area contributed by atoms with Crippen LogP contribution in [0.25, 0.3) is 22.4 Å². The van der Waals surface area contributed by atoms with Gasteiger partial charge in [-0.1, -0.05) is 29.8 Å². The highest BCUT2D eigenvalue weighted by atomic mass is 32.2. The highest BCUT2D eigenvalue weighted by Gasteiger charge is 2.37. The molecule has 0 bridgehead atoms. The van der Waals surface area contributed by atoms with E-state index in [2.05, 4.69) is 5.32 Å². The molecule has 41 heavy (non-hydrogen) atoms. The van der Waals surface area contributed by atoms with Crippen LogP contribution >= 0.6 is 0 Å². The Labute approximate surface area is 240 Å². The van der Waals surface area contributed by atoms with Gasteiger partial charge in [0.25, 0.3) is 5.91 Å². The number of carbonyl (C=O) groups excluding carboxylic acids is 1. The molecule has 3 N–H and O–H groups in total. The number of fused-ring (bicyclic) bond motifs is 1. The summed E-state index contributed by atoms with van der Waals surface area (Å²) in [5, 5.41) is 12.6. The van der Waals surface area contributed by atoms with E-state index in [0.717, 1.165) is 29.5 Å². The molecule has 1 saturated carbocycles. The lowest BCUT2D eigenvalue weighted by atomic mass is 9.89. The number of aryl methyl sites for hydroxylation is 1. The zero-order valence-electron chi connectivity index (χ0n) is 23.2. The molecule has 1 saturated heterocycles. The number of hydrogen-bond donors (Lipinski definition) is 3. The number of pyridine rings is 1. The Morgan fingerprint density at radius 1 is 1.22 bits per heavy atom. The summed E-state index contributed by atoms with van der Waals surface area (Å²) < 4.78 is 40.8. The van der Waals surface area contributed by atoms with E-state index in [1.165, 1.54) is 4.31 Å². The summed E-state index contributed by atoms with van der Waals surface area (Å²) in [6.45, 7) is 3.12. The Bertz CT molecular complexity index is 1440. The minimum absolute atomic E-state index is 0.0939. The zero-order valence-corrected chi connectivity index (χ0v) is 24.0. The molecule has 220 valence electrons. The van der Waals surface area contributed by atoms with E-state index in [0.29, 0.717) is 67.0 Å². The third-order valence-electron chi connectivity index (χ3n) is 7.87. The molecule has 11 nitrogen and oxygen atoms in total. The van der Waals surface area contributed by atoms with Crippen LogP contribution in [0.1, 0.15) is 71.6 Å². The molecule has 3 heterocycles. The van der Waals surface area contributed by atoms with Gasteiger partial charge in [0, 0.05) is 32.0 Å². The van der Waals surface area contributed by atoms with Gasteiger partial charge >= 0.3 is 6.16 Å². The molecule has 1 aliphatic heterocycles. The highest BCUT2D eigenvalue weighted by molar-refractivity contribution is 7.76. The maximum absolute atomic E-state index is 13.0. The molecule has 2 aliphatic rings. The smallest absolute Gasteiger partial charge is 0.450 e. The fraction of sp³-hybridized carbons (Fsp3) is 0.483. The molecule has 12 heteroatoms. The van der Waals surface area contributed by atoms with Crippen LogP contribution in [-0.4, -0.2) is 67.6 Å². The Morgan fingerprint density at radius 3 is 2.54 bits per heavy atom. The summed E-state index contributed by atoms with van der Waals surface area (Å²) in [6.07, 6.45) is 2.35. The van der Waals surface area contributed by atoms with E-state index < -0.39 is 23.0 Å². The molecule has 3 aromatic rings. The highest BCUT2D eigenvalue weighted by Crippen LogP contribution is 2.44. The lowest BCUT2D eigenvalue weighted by Crippen LogP contribution is -2.41. The van der Waals surface area contributed by atoms with Crippen molar-refractivity contribution in [3.05, 3.63) is 52.7 Å². The van der Waals surface area contributed by atoms with Gasteiger partial charge in [-0.15, -0.1) is 0 Å². The van der Waals surface area contributed by atoms with Gasteiger partial charge in [0.15, 0.2) is 0 Å². The van der Waals surface area contributed by atoms with E-state index in [9.17, 15) is 23.5 Å². The fourth-order valence-electron chi connectivity index (χ4n) is 5.50.